The lowest BCUT2D eigenvalue weighted by Gasteiger charge is -2.32. The molecule has 3 N–H and O–H groups in total. The molecule has 0 saturated heterocycles. The number of nitrogens with one attached hydrogen (secondary N) is 1. The summed E-state index contributed by atoms with van der Waals surface area (Å²) < 4.78 is 5.18. The summed E-state index contributed by atoms with van der Waals surface area (Å²) in [4.78, 5) is 27.0. The number of rotatable bonds is 5. The topological polar surface area (TPSA) is 99.1 Å². The van der Waals surface area contributed by atoms with Gasteiger partial charge in [0.25, 0.3) is 5.91 Å². The predicted octanol–water partition coefficient (Wildman–Crippen LogP) is 2.76. The summed E-state index contributed by atoms with van der Waals surface area (Å²) in [6, 6.07) is 12.2. The molecule has 0 bridgehead atoms. The van der Waals surface area contributed by atoms with E-state index in [0.717, 1.165) is 0 Å². The molecule has 1 atom stereocenters. The number of esters is 1. The Morgan fingerprint density at radius 3 is 2.19 bits per heavy atom. The molecule has 1 aliphatic heterocycles. The normalized spacial score (nSPS) is 19.0. The minimum Gasteiger partial charge on any atom is -0.508 e. The van der Waals surface area contributed by atoms with E-state index in [2.05, 4.69) is 5.32 Å². The van der Waals surface area contributed by atoms with Gasteiger partial charge in [-0.15, -0.1) is 0 Å². The van der Waals surface area contributed by atoms with Gasteiger partial charge in [-0.25, -0.2) is 4.79 Å². The van der Waals surface area contributed by atoms with Crippen LogP contribution in [0.25, 0.3) is 0 Å². The molecule has 1 aliphatic rings. The number of nitrogens with zero attached hydrogens (tertiary/aromatic N) is 1. The van der Waals surface area contributed by atoms with E-state index < -0.39 is 17.4 Å². The zero-order chi connectivity index (χ0) is 19.6. The van der Waals surface area contributed by atoms with Crippen molar-refractivity contribution in [1.29, 1.82) is 0 Å². The van der Waals surface area contributed by atoms with Crippen LogP contribution in [0.4, 0.5) is 11.4 Å². The molecule has 0 unspecified atom stereocenters. The third-order valence-electron chi connectivity index (χ3n) is 4.27. The fraction of sp³-hybridized carbons (Fsp3) is 0.200. The van der Waals surface area contributed by atoms with Crippen molar-refractivity contribution in [2.45, 2.75) is 19.4 Å². The fourth-order valence-electron chi connectivity index (χ4n) is 2.94. The van der Waals surface area contributed by atoms with Crippen molar-refractivity contribution in [3.05, 3.63) is 60.3 Å². The Balaban J connectivity index is 1.99. The van der Waals surface area contributed by atoms with Gasteiger partial charge in [0.2, 0.25) is 0 Å². The number of hydrogen-bond acceptors (Lipinski definition) is 6. The number of carbonyl (C=O) groups is 2. The lowest BCUT2D eigenvalue weighted by molar-refractivity contribution is -0.147. The summed E-state index contributed by atoms with van der Waals surface area (Å²) >= 11 is 0. The molecule has 7 nitrogen and oxygen atoms in total. The molecule has 0 aromatic heterocycles. The second-order valence-corrected chi connectivity index (χ2v) is 6.25. The molecule has 140 valence electrons. The number of benzene rings is 2. The lowest BCUT2D eigenvalue weighted by Crippen LogP contribution is -2.51. The van der Waals surface area contributed by atoms with E-state index >= 15 is 0 Å². The molecule has 27 heavy (non-hydrogen) atoms. The molecule has 0 fully saturated rings. The van der Waals surface area contributed by atoms with Gasteiger partial charge in [-0.1, -0.05) is 0 Å². The van der Waals surface area contributed by atoms with Crippen molar-refractivity contribution < 1.29 is 24.5 Å². The number of amides is 1. The number of aromatic hydroxyl groups is 2. The van der Waals surface area contributed by atoms with Crippen LogP contribution in [0.3, 0.4) is 0 Å². The Hall–Kier alpha value is -3.48. The summed E-state index contributed by atoms with van der Waals surface area (Å²) in [7, 11) is 0. The molecule has 0 aliphatic carbocycles. The van der Waals surface area contributed by atoms with E-state index in [4.69, 9.17) is 4.74 Å². The average molecular weight is 368 g/mol. The van der Waals surface area contributed by atoms with Crippen molar-refractivity contribution in [2.75, 3.05) is 16.8 Å². The van der Waals surface area contributed by atoms with Gasteiger partial charge < -0.3 is 20.3 Å². The summed E-state index contributed by atoms with van der Waals surface area (Å²) in [5.41, 5.74) is -0.0915. The maximum atomic E-state index is 13.1. The smallest absolute Gasteiger partial charge is 0.336 e. The molecule has 2 aromatic rings. The van der Waals surface area contributed by atoms with Crippen LogP contribution in [0, 0.1) is 0 Å². The van der Waals surface area contributed by atoms with Crippen LogP contribution in [0.15, 0.2) is 60.3 Å². The Labute approximate surface area is 156 Å². The molecular formula is C20H20N2O5. The monoisotopic (exact) mass is 368 g/mol. The number of carbonyl (C=O) groups excluding carboxylic acids is 2. The molecule has 0 radical (unpaired) electrons. The molecule has 3 rings (SSSR count). The number of ether oxygens (including phenoxy) is 1. The van der Waals surface area contributed by atoms with Crippen LogP contribution in [-0.4, -0.2) is 34.2 Å². The first-order valence-electron chi connectivity index (χ1n) is 8.45. The highest BCUT2D eigenvalue weighted by Gasteiger charge is 2.49. The van der Waals surface area contributed by atoms with E-state index in [9.17, 15) is 19.8 Å². The summed E-state index contributed by atoms with van der Waals surface area (Å²) in [6.45, 7) is 3.48. The predicted molar refractivity (Wildman–Crippen MR) is 100 cm³/mol. The largest absolute Gasteiger partial charge is 0.508 e. The van der Waals surface area contributed by atoms with Crippen molar-refractivity contribution in [3.63, 3.8) is 0 Å². The summed E-state index contributed by atoms with van der Waals surface area (Å²) in [6.07, 6.45) is 1.52. The van der Waals surface area contributed by atoms with Gasteiger partial charge in [-0.3, -0.25) is 9.69 Å². The van der Waals surface area contributed by atoms with Crippen molar-refractivity contribution in [3.8, 4) is 11.5 Å². The standard InChI is InChI=1S/C20H20N2O5/c1-3-27-19(26)20(2)12-17(21-13-4-8-15(23)9-5-13)18(25)22(20)14-6-10-16(24)11-7-14/h4-12,21,23-24H,3H2,1-2H3/t20-/m0/s1. The molecule has 1 heterocycles. The van der Waals surface area contributed by atoms with E-state index in [1.54, 1.807) is 38.1 Å². The third-order valence-corrected chi connectivity index (χ3v) is 4.27. The first-order chi connectivity index (χ1) is 12.8. The maximum Gasteiger partial charge on any atom is 0.336 e. The maximum absolute atomic E-state index is 13.1. The Kier molecular flexibility index (Phi) is 4.77. The first-order valence-corrected chi connectivity index (χ1v) is 8.45. The SMILES string of the molecule is CCOC(=O)[C@]1(C)C=C(Nc2ccc(O)cc2)C(=O)N1c1ccc(O)cc1. The molecular weight excluding hydrogens is 348 g/mol. The number of hydrogen-bond donors (Lipinski definition) is 3. The molecule has 0 saturated carbocycles. The molecule has 7 heteroatoms. The summed E-state index contributed by atoms with van der Waals surface area (Å²) in [5.74, 6) is -0.814. The minimum absolute atomic E-state index is 0.0543. The van der Waals surface area contributed by atoms with Crippen molar-refractivity contribution in [1.82, 2.24) is 0 Å². The second kappa shape index (κ2) is 7.03. The Morgan fingerprint density at radius 1 is 1.07 bits per heavy atom. The van der Waals surface area contributed by atoms with Gasteiger partial charge in [-0.2, -0.15) is 0 Å². The highest BCUT2D eigenvalue weighted by atomic mass is 16.5. The lowest BCUT2D eigenvalue weighted by atomic mass is 10.0. The molecule has 2 aromatic carbocycles. The van der Waals surface area contributed by atoms with E-state index in [1.165, 1.54) is 35.2 Å². The van der Waals surface area contributed by atoms with Crippen molar-refractivity contribution >= 4 is 23.3 Å². The number of anilines is 2. The zero-order valence-corrected chi connectivity index (χ0v) is 15.0. The van der Waals surface area contributed by atoms with Gasteiger partial charge in [0.05, 0.1) is 6.61 Å². The average Bonchev–Trinajstić information content (AvgIpc) is 2.90. The third kappa shape index (κ3) is 3.44. The fourth-order valence-corrected chi connectivity index (χ4v) is 2.94. The van der Waals surface area contributed by atoms with Gasteiger partial charge in [0.1, 0.15) is 17.2 Å². The van der Waals surface area contributed by atoms with Crippen LogP contribution >= 0.6 is 0 Å². The number of phenols is 2. The van der Waals surface area contributed by atoms with E-state index in [1.807, 2.05) is 0 Å². The molecule has 0 spiro atoms. The van der Waals surface area contributed by atoms with E-state index in [-0.39, 0.29) is 23.8 Å². The van der Waals surface area contributed by atoms with Crippen molar-refractivity contribution in [2.24, 2.45) is 0 Å². The first kappa shape index (κ1) is 18.3. The second-order valence-electron chi connectivity index (χ2n) is 6.25. The van der Waals surface area contributed by atoms with Crippen LogP contribution in [-0.2, 0) is 14.3 Å². The Bertz CT molecular complexity index is 890. The highest BCUT2D eigenvalue weighted by Crippen LogP contribution is 2.36. The number of phenolic OH excluding ortho intramolecular Hbond substituents is 2. The van der Waals surface area contributed by atoms with Gasteiger partial charge in [0, 0.05) is 11.4 Å². The quantitative estimate of drug-likeness (QED) is 0.554. The zero-order valence-electron chi connectivity index (χ0n) is 15.0. The van der Waals surface area contributed by atoms with Gasteiger partial charge in [-0.05, 0) is 68.5 Å². The van der Waals surface area contributed by atoms with Gasteiger partial charge >= 0.3 is 5.97 Å². The van der Waals surface area contributed by atoms with Crippen LogP contribution in [0.5, 0.6) is 11.5 Å². The van der Waals surface area contributed by atoms with Crippen LogP contribution in [0.1, 0.15) is 13.8 Å². The minimum atomic E-state index is -1.34. The molecule has 1 amide bonds. The highest BCUT2D eigenvalue weighted by molar-refractivity contribution is 6.16. The van der Waals surface area contributed by atoms with Gasteiger partial charge in [0.15, 0.2) is 5.54 Å². The van der Waals surface area contributed by atoms with Crippen LogP contribution in [0.2, 0.25) is 0 Å². The van der Waals surface area contributed by atoms with Crippen LogP contribution < -0.4 is 10.2 Å². The Morgan fingerprint density at radius 2 is 1.63 bits per heavy atom. The summed E-state index contributed by atoms with van der Waals surface area (Å²) in [5, 5.41) is 21.9. The van der Waals surface area contributed by atoms with E-state index in [0.29, 0.717) is 11.4 Å².